The minimum Gasteiger partial charge on any atom is -0.497 e. The molecule has 1 aromatic carbocycles. The summed E-state index contributed by atoms with van der Waals surface area (Å²) in [6, 6.07) is 10.7. The van der Waals surface area contributed by atoms with Gasteiger partial charge in [0.05, 0.1) is 19.9 Å². The maximum atomic E-state index is 11.9. The highest BCUT2D eigenvalue weighted by atomic mass is 16.5. The number of nitrogens with one attached hydrogen (secondary N) is 1. The van der Waals surface area contributed by atoms with Gasteiger partial charge < -0.3 is 19.2 Å². The molecule has 0 saturated heterocycles. The van der Waals surface area contributed by atoms with Gasteiger partial charge in [0, 0.05) is 6.08 Å². The third-order valence-corrected chi connectivity index (χ3v) is 3.21. The summed E-state index contributed by atoms with van der Waals surface area (Å²) in [4.78, 5) is 23.6. The summed E-state index contributed by atoms with van der Waals surface area (Å²) in [7, 11) is 1.58. The van der Waals surface area contributed by atoms with Crippen LogP contribution in [0.2, 0.25) is 0 Å². The van der Waals surface area contributed by atoms with Crippen molar-refractivity contribution in [3.63, 3.8) is 0 Å². The van der Waals surface area contributed by atoms with Crippen LogP contribution in [0.25, 0.3) is 6.08 Å². The highest BCUT2D eigenvalue weighted by Gasteiger charge is 2.16. The molecule has 1 atom stereocenters. The number of methoxy groups -OCH3 is 1. The predicted molar refractivity (Wildman–Crippen MR) is 88.1 cm³/mol. The lowest BCUT2D eigenvalue weighted by molar-refractivity contribution is -0.150. The van der Waals surface area contributed by atoms with Gasteiger partial charge >= 0.3 is 5.97 Å². The van der Waals surface area contributed by atoms with Crippen LogP contribution in [-0.4, -0.2) is 25.1 Å². The highest BCUT2D eigenvalue weighted by Crippen LogP contribution is 2.12. The van der Waals surface area contributed by atoms with E-state index in [-0.39, 0.29) is 6.54 Å². The summed E-state index contributed by atoms with van der Waals surface area (Å²) >= 11 is 0. The second-order valence-corrected chi connectivity index (χ2v) is 4.98. The molecule has 6 heteroatoms. The molecule has 0 aliphatic carbocycles. The Morgan fingerprint density at radius 1 is 1.25 bits per heavy atom. The highest BCUT2D eigenvalue weighted by molar-refractivity contribution is 5.90. The monoisotopic (exact) mass is 329 g/mol. The molecule has 24 heavy (non-hydrogen) atoms. The van der Waals surface area contributed by atoms with E-state index in [0.29, 0.717) is 5.76 Å². The third-order valence-electron chi connectivity index (χ3n) is 3.21. The summed E-state index contributed by atoms with van der Waals surface area (Å²) in [6.45, 7) is 1.76. The van der Waals surface area contributed by atoms with Gasteiger partial charge in [-0.1, -0.05) is 12.1 Å². The molecule has 0 bridgehead atoms. The fourth-order valence-electron chi connectivity index (χ4n) is 1.88. The number of benzene rings is 1. The van der Waals surface area contributed by atoms with E-state index < -0.39 is 18.0 Å². The molecule has 2 rings (SSSR count). The van der Waals surface area contributed by atoms with Gasteiger partial charge in [-0.15, -0.1) is 0 Å². The standard InChI is InChI=1S/C18H19NO5/c1-13(18(21)19-12-16-4-3-11-23-16)24-17(20)10-7-14-5-8-15(22-2)9-6-14/h3-11,13H,12H2,1-2H3,(H,19,21)/b10-7+/t13-/m1/s1. The van der Waals surface area contributed by atoms with Crippen LogP contribution in [-0.2, 0) is 20.9 Å². The van der Waals surface area contributed by atoms with Crippen LogP contribution in [0.1, 0.15) is 18.2 Å². The molecule has 0 saturated carbocycles. The van der Waals surface area contributed by atoms with E-state index in [9.17, 15) is 9.59 Å². The van der Waals surface area contributed by atoms with E-state index in [4.69, 9.17) is 13.9 Å². The minimum absolute atomic E-state index is 0.245. The second-order valence-electron chi connectivity index (χ2n) is 4.98. The molecule has 126 valence electrons. The van der Waals surface area contributed by atoms with Gasteiger partial charge in [0.15, 0.2) is 6.10 Å². The van der Waals surface area contributed by atoms with Gasteiger partial charge in [-0.05, 0) is 42.8 Å². The van der Waals surface area contributed by atoms with Crippen LogP contribution < -0.4 is 10.1 Å². The van der Waals surface area contributed by atoms with Crippen molar-refractivity contribution in [1.82, 2.24) is 5.32 Å². The van der Waals surface area contributed by atoms with Gasteiger partial charge in [-0.3, -0.25) is 4.79 Å². The summed E-state index contributed by atoms with van der Waals surface area (Å²) in [6.07, 6.45) is 3.51. The van der Waals surface area contributed by atoms with Gasteiger partial charge in [0.1, 0.15) is 11.5 Å². The van der Waals surface area contributed by atoms with Crippen molar-refractivity contribution >= 4 is 18.0 Å². The maximum Gasteiger partial charge on any atom is 0.331 e. The molecule has 6 nitrogen and oxygen atoms in total. The lowest BCUT2D eigenvalue weighted by atomic mass is 10.2. The zero-order chi connectivity index (χ0) is 17.4. The van der Waals surface area contributed by atoms with E-state index >= 15 is 0 Å². The summed E-state index contributed by atoms with van der Waals surface area (Å²) in [5.41, 5.74) is 0.822. The Bertz CT molecular complexity index is 689. The van der Waals surface area contributed by atoms with E-state index in [1.54, 1.807) is 37.5 Å². The molecule has 0 aliphatic heterocycles. The zero-order valence-electron chi connectivity index (χ0n) is 13.5. The Balaban J connectivity index is 1.79. The number of hydrogen-bond acceptors (Lipinski definition) is 5. The van der Waals surface area contributed by atoms with Crippen molar-refractivity contribution < 1.29 is 23.5 Å². The van der Waals surface area contributed by atoms with Crippen LogP contribution in [0.15, 0.2) is 53.2 Å². The number of esters is 1. The first-order valence-corrected chi connectivity index (χ1v) is 7.41. The number of amides is 1. The van der Waals surface area contributed by atoms with E-state index in [2.05, 4.69) is 5.32 Å². The Hall–Kier alpha value is -3.02. The maximum absolute atomic E-state index is 11.9. The smallest absolute Gasteiger partial charge is 0.331 e. The molecule has 1 aromatic heterocycles. The van der Waals surface area contributed by atoms with Gasteiger partial charge in [-0.25, -0.2) is 4.79 Å². The van der Waals surface area contributed by atoms with E-state index in [1.807, 2.05) is 12.1 Å². The SMILES string of the molecule is COc1ccc(/C=C/C(=O)O[C@H](C)C(=O)NCc2ccco2)cc1. The fraction of sp³-hybridized carbons (Fsp3) is 0.222. The first kappa shape index (κ1) is 17.3. The molecule has 0 spiro atoms. The molecular formula is C18H19NO5. The van der Waals surface area contributed by atoms with Crippen LogP contribution >= 0.6 is 0 Å². The van der Waals surface area contributed by atoms with Crippen molar-refractivity contribution in [1.29, 1.82) is 0 Å². The summed E-state index contributed by atoms with van der Waals surface area (Å²) in [5, 5.41) is 2.63. The van der Waals surface area contributed by atoms with Crippen molar-refractivity contribution in [3.05, 3.63) is 60.1 Å². The molecule has 2 aromatic rings. The van der Waals surface area contributed by atoms with Crippen molar-refractivity contribution in [3.8, 4) is 5.75 Å². The van der Waals surface area contributed by atoms with Crippen molar-refractivity contribution in [2.24, 2.45) is 0 Å². The molecule has 0 aliphatic rings. The summed E-state index contributed by atoms with van der Waals surface area (Å²) < 4.78 is 15.2. The number of carbonyl (C=O) groups excluding carboxylic acids is 2. The number of carbonyl (C=O) groups is 2. The van der Waals surface area contributed by atoms with E-state index in [0.717, 1.165) is 11.3 Å². The van der Waals surface area contributed by atoms with Gasteiger partial charge in [0.2, 0.25) is 0 Å². The first-order valence-electron chi connectivity index (χ1n) is 7.41. The van der Waals surface area contributed by atoms with Crippen molar-refractivity contribution in [2.75, 3.05) is 7.11 Å². The number of furan rings is 1. The average Bonchev–Trinajstić information content (AvgIpc) is 3.11. The van der Waals surface area contributed by atoms with Crippen LogP contribution in [0.3, 0.4) is 0 Å². The molecule has 0 unspecified atom stereocenters. The molecule has 0 radical (unpaired) electrons. The fourth-order valence-corrected chi connectivity index (χ4v) is 1.88. The third kappa shape index (κ3) is 5.31. The molecule has 1 N–H and O–H groups in total. The minimum atomic E-state index is -0.895. The lowest BCUT2D eigenvalue weighted by Crippen LogP contribution is -2.35. The lowest BCUT2D eigenvalue weighted by Gasteiger charge is -2.11. The number of ether oxygens (including phenoxy) is 2. The van der Waals surface area contributed by atoms with Crippen LogP contribution in [0.5, 0.6) is 5.75 Å². The van der Waals surface area contributed by atoms with Crippen LogP contribution in [0.4, 0.5) is 0 Å². The number of rotatable bonds is 7. The largest absolute Gasteiger partial charge is 0.497 e. The van der Waals surface area contributed by atoms with Crippen LogP contribution in [0, 0.1) is 0 Å². The zero-order valence-corrected chi connectivity index (χ0v) is 13.5. The Labute approximate surface area is 140 Å². The topological polar surface area (TPSA) is 77.8 Å². The first-order chi connectivity index (χ1) is 11.6. The quantitative estimate of drug-likeness (QED) is 0.624. The average molecular weight is 329 g/mol. The molecule has 0 fully saturated rings. The van der Waals surface area contributed by atoms with E-state index in [1.165, 1.54) is 19.3 Å². The second kappa shape index (κ2) is 8.57. The van der Waals surface area contributed by atoms with Crippen molar-refractivity contribution in [2.45, 2.75) is 19.6 Å². The summed E-state index contributed by atoms with van der Waals surface area (Å²) in [5.74, 6) is 0.377. The Kier molecular flexibility index (Phi) is 6.19. The molecule has 1 amide bonds. The molecular weight excluding hydrogens is 310 g/mol. The normalized spacial score (nSPS) is 11.9. The molecule has 1 heterocycles. The number of hydrogen-bond donors (Lipinski definition) is 1. The predicted octanol–water partition coefficient (Wildman–Crippen LogP) is 2.55. The van der Waals surface area contributed by atoms with Gasteiger partial charge in [-0.2, -0.15) is 0 Å². The Morgan fingerprint density at radius 3 is 2.62 bits per heavy atom. The Morgan fingerprint density at radius 2 is 2.00 bits per heavy atom. The van der Waals surface area contributed by atoms with Gasteiger partial charge in [0.25, 0.3) is 5.91 Å².